The lowest BCUT2D eigenvalue weighted by atomic mass is 10.0. The van der Waals surface area contributed by atoms with Gasteiger partial charge in [0.05, 0.1) is 7.11 Å². The molecule has 1 amide bonds. The van der Waals surface area contributed by atoms with E-state index in [2.05, 4.69) is 17.5 Å². The number of allylic oxidation sites excluding steroid dienone is 2. The number of rotatable bonds is 6. The van der Waals surface area contributed by atoms with Crippen molar-refractivity contribution in [2.45, 2.75) is 25.7 Å². The van der Waals surface area contributed by atoms with Crippen molar-refractivity contribution in [3.8, 4) is 5.75 Å². The van der Waals surface area contributed by atoms with Gasteiger partial charge < -0.3 is 10.1 Å². The van der Waals surface area contributed by atoms with Gasteiger partial charge in [0.15, 0.2) is 0 Å². The van der Waals surface area contributed by atoms with Crippen LogP contribution in [0.2, 0.25) is 0 Å². The van der Waals surface area contributed by atoms with Crippen LogP contribution in [0.15, 0.2) is 36.4 Å². The van der Waals surface area contributed by atoms with Crippen LogP contribution in [0.4, 0.5) is 0 Å². The van der Waals surface area contributed by atoms with Crippen LogP contribution in [-0.4, -0.2) is 19.6 Å². The monoisotopic (exact) mass is 259 g/mol. The minimum absolute atomic E-state index is 0.152. The lowest BCUT2D eigenvalue weighted by Gasteiger charge is -2.09. The van der Waals surface area contributed by atoms with Gasteiger partial charge >= 0.3 is 0 Å². The van der Waals surface area contributed by atoms with Gasteiger partial charge in [0.2, 0.25) is 5.91 Å². The number of methoxy groups -OCH3 is 1. The van der Waals surface area contributed by atoms with Crippen molar-refractivity contribution >= 4 is 5.91 Å². The zero-order valence-electron chi connectivity index (χ0n) is 11.4. The first-order chi connectivity index (χ1) is 9.28. The van der Waals surface area contributed by atoms with E-state index in [0.717, 1.165) is 25.0 Å². The summed E-state index contributed by atoms with van der Waals surface area (Å²) in [6.07, 6.45) is 8.00. The summed E-state index contributed by atoms with van der Waals surface area (Å²) in [5.41, 5.74) is 1.18. The van der Waals surface area contributed by atoms with Gasteiger partial charge in [-0.2, -0.15) is 0 Å². The predicted octanol–water partition coefficient (Wildman–Crippen LogP) is 2.71. The van der Waals surface area contributed by atoms with E-state index >= 15 is 0 Å². The number of carbonyl (C=O) groups is 1. The van der Waals surface area contributed by atoms with E-state index < -0.39 is 0 Å². The quantitative estimate of drug-likeness (QED) is 0.798. The van der Waals surface area contributed by atoms with Crippen LogP contribution in [-0.2, 0) is 11.2 Å². The Bertz CT molecular complexity index is 454. The van der Waals surface area contributed by atoms with Gasteiger partial charge in [-0.25, -0.2) is 0 Å². The molecule has 0 spiro atoms. The first-order valence-corrected chi connectivity index (χ1v) is 6.84. The van der Waals surface area contributed by atoms with E-state index in [1.807, 2.05) is 24.3 Å². The van der Waals surface area contributed by atoms with Crippen molar-refractivity contribution in [2.24, 2.45) is 5.92 Å². The smallest absolute Gasteiger partial charge is 0.220 e. The summed E-state index contributed by atoms with van der Waals surface area (Å²) in [4.78, 5) is 11.7. The molecule has 1 aromatic carbocycles. The maximum atomic E-state index is 11.7. The van der Waals surface area contributed by atoms with Crippen LogP contribution in [0.5, 0.6) is 5.75 Å². The topological polar surface area (TPSA) is 38.3 Å². The molecule has 102 valence electrons. The van der Waals surface area contributed by atoms with Gasteiger partial charge in [0.1, 0.15) is 5.75 Å². The molecule has 1 atom stereocenters. The number of ether oxygens (including phenoxy) is 1. The Balaban J connectivity index is 1.70. The van der Waals surface area contributed by atoms with E-state index in [4.69, 9.17) is 4.74 Å². The van der Waals surface area contributed by atoms with Crippen LogP contribution >= 0.6 is 0 Å². The minimum atomic E-state index is 0.152. The number of hydrogen-bond donors (Lipinski definition) is 1. The van der Waals surface area contributed by atoms with E-state index in [1.54, 1.807) is 7.11 Å². The molecule has 0 heterocycles. The highest BCUT2D eigenvalue weighted by Crippen LogP contribution is 2.20. The second-order valence-corrected chi connectivity index (χ2v) is 4.92. The van der Waals surface area contributed by atoms with E-state index in [9.17, 15) is 4.79 Å². The summed E-state index contributed by atoms with van der Waals surface area (Å²) < 4.78 is 5.18. The summed E-state index contributed by atoms with van der Waals surface area (Å²) in [7, 11) is 1.66. The lowest BCUT2D eigenvalue weighted by Crippen LogP contribution is -2.26. The third-order valence-electron chi connectivity index (χ3n) is 3.43. The molecule has 0 aromatic heterocycles. The van der Waals surface area contributed by atoms with Crippen LogP contribution in [0.1, 0.15) is 24.8 Å². The third-order valence-corrected chi connectivity index (χ3v) is 3.43. The van der Waals surface area contributed by atoms with Crippen molar-refractivity contribution in [1.29, 1.82) is 0 Å². The number of benzene rings is 1. The zero-order chi connectivity index (χ0) is 13.5. The Labute approximate surface area is 114 Å². The largest absolute Gasteiger partial charge is 0.497 e. The van der Waals surface area contributed by atoms with Crippen LogP contribution in [0.25, 0.3) is 0 Å². The number of nitrogens with one attached hydrogen (secondary N) is 1. The molecule has 1 aromatic rings. The number of hydrogen-bond acceptors (Lipinski definition) is 2. The summed E-state index contributed by atoms with van der Waals surface area (Å²) in [6, 6.07) is 7.95. The number of carbonyl (C=O) groups excluding carboxylic acids is 1. The molecule has 0 saturated carbocycles. The van der Waals surface area contributed by atoms with Gasteiger partial charge in [-0.15, -0.1) is 0 Å². The Kier molecular flexibility index (Phi) is 5.01. The summed E-state index contributed by atoms with van der Waals surface area (Å²) >= 11 is 0. The van der Waals surface area contributed by atoms with Gasteiger partial charge in [-0.1, -0.05) is 24.3 Å². The highest BCUT2D eigenvalue weighted by atomic mass is 16.5. The Morgan fingerprint density at radius 3 is 3.11 bits per heavy atom. The molecule has 1 aliphatic carbocycles. The molecule has 3 heteroatoms. The Morgan fingerprint density at radius 1 is 1.47 bits per heavy atom. The fourth-order valence-corrected chi connectivity index (χ4v) is 2.35. The molecule has 0 fully saturated rings. The first-order valence-electron chi connectivity index (χ1n) is 6.84. The number of amides is 1. The zero-order valence-corrected chi connectivity index (χ0v) is 11.4. The van der Waals surface area contributed by atoms with Crippen molar-refractivity contribution < 1.29 is 9.53 Å². The summed E-state index contributed by atoms with van der Waals surface area (Å²) in [6.45, 7) is 0.683. The third kappa shape index (κ3) is 4.43. The summed E-state index contributed by atoms with van der Waals surface area (Å²) in [5, 5.41) is 2.98. The molecule has 0 radical (unpaired) electrons. The van der Waals surface area contributed by atoms with Crippen LogP contribution in [0.3, 0.4) is 0 Å². The summed E-state index contributed by atoms with van der Waals surface area (Å²) in [5.74, 6) is 1.45. The average molecular weight is 259 g/mol. The maximum Gasteiger partial charge on any atom is 0.220 e. The van der Waals surface area contributed by atoms with Gasteiger partial charge in [0.25, 0.3) is 0 Å². The molecule has 0 aliphatic heterocycles. The van der Waals surface area contributed by atoms with E-state index in [-0.39, 0.29) is 5.91 Å². The molecule has 0 bridgehead atoms. The van der Waals surface area contributed by atoms with Gasteiger partial charge in [-0.05, 0) is 42.9 Å². The Hall–Kier alpha value is -1.77. The van der Waals surface area contributed by atoms with Crippen LogP contribution in [0, 0.1) is 5.92 Å². The van der Waals surface area contributed by atoms with Gasteiger partial charge in [-0.3, -0.25) is 4.79 Å². The molecule has 0 unspecified atom stereocenters. The molecular formula is C16H21NO2. The van der Waals surface area contributed by atoms with Crippen molar-refractivity contribution in [1.82, 2.24) is 5.32 Å². The molecule has 1 aliphatic rings. The highest BCUT2D eigenvalue weighted by Gasteiger charge is 2.13. The van der Waals surface area contributed by atoms with Crippen LogP contribution < -0.4 is 10.1 Å². The lowest BCUT2D eigenvalue weighted by molar-refractivity contribution is -0.121. The maximum absolute atomic E-state index is 11.7. The molecule has 3 nitrogen and oxygen atoms in total. The molecule has 0 saturated heterocycles. The van der Waals surface area contributed by atoms with Crippen molar-refractivity contribution in [3.05, 3.63) is 42.0 Å². The first kappa shape index (κ1) is 13.7. The molecule has 19 heavy (non-hydrogen) atoms. The average Bonchev–Trinajstić information content (AvgIpc) is 2.92. The normalized spacial score (nSPS) is 17.4. The van der Waals surface area contributed by atoms with Crippen molar-refractivity contribution in [3.63, 3.8) is 0 Å². The Morgan fingerprint density at radius 2 is 2.37 bits per heavy atom. The second kappa shape index (κ2) is 6.98. The fraction of sp³-hybridized carbons (Fsp3) is 0.438. The van der Waals surface area contributed by atoms with Gasteiger partial charge in [0, 0.05) is 13.0 Å². The fourth-order valence-electron chi connectivity index (χ4n) is 2.35. The predicted molar refractivity (Wildman–Crippen MR) is 76.2 cm³/mol. The minimum Gasteiger partial charge on any atom is -0.497 e. The molecule has 2 rings (SSSR count). The van der Waals surface area contributed by atoms with E-state index in [0.29, 0.717) is 18.9 Å². The molecular weight excluding hydrogens is 238 g/mol. The molecule has 1 N–H and O–H groups in total. The van der Waals surface area contributed by atoms with Crippen molar-refractivity contribution in [2.75, 3.05) is 13.7 Å². The highest BCUT2D eigenvalue weighted by molar-refractivity contribution is 5.76. The second-order valence-electron chi connectivity index (χ2n) is 4.92. The standard InChI is InChI=1S/C16H21NO2/c1-19-15-8-4-7-14(11-15)9-10-17-16(18)12-13-5-2-3-6-13/h2,4-5,7-8,11,13H,3,6,9-10,12H2,1H3,(H,17,18)/t13-/m1/s1. The SMILES string of the molecule is COc1cccc(CCNC(=O)C[C@@H]2C=CCC2)c1. The van der Waals surface area contributed by atoms with E-state index in [1.165, 1.54) is 5.56 Å².